The highest BCUT2D eigenvalue weighted by molar-refractivity contribution is 8.23. The Labute approximate surface area is 160 Å². The van der Waals surface area contributed by atoms with Crippen LogP contribution in [0.15, 0.2) is 12.1 Å². The second kappa shape index (κ2) is 8.86. The first-order valence-corrected chi connectivity index (χ1v) is 8.93. The zero-order valence-electron chi connectivity index (χ0n) is 14.5. The summed E-state index contributed by atoms with van der Waals surface area (Å²) in [5.74, 6) is 0.139. The Kier molecular flexibility index (Phi) is 6.81. The maximum Gasteiger partial charge on any atom is 0.235 e. The van der Waals surface area contributed by atoms with E-state index < -0.39 is 0 Å². The van der Waals surface area contributed by atoms with Crippen LogP contribution in [0.4, 0.5) is 5.69 Å². The third kappa shape index (κ3) is 4.44. The molecule has 1 aliphatic rings. The van der Waals surface area contributed by atoms with Crippen molar-refractivity contribution in [3.05, 3.63) is 12.1 Å². The zero-order valence-corrected chi connectivity index (χ0v) is 16.1. The summed E-state index contributed by atoms with van der Waals surface area (Å²) in [6.07, 6.45) is 0.300. The molecule has 1 heterocycles. The number of likely N-dealkylation sites (tertiary alicyclic amines) is 1. The number of benzene rings is 1. The fraction of sp³-hybridized carbons (Fsp3) is 0.375. The minimum absolute atomic E-state index is 0.0491. The third-order valence-corrected chi connectivity index (χ3v) is 4.88. The lowest BCUT2D eigenvalue weighted by Gasteiger charge is -2.15. The largest absolute Gasteiger partial charge is 0.493 e. The molecule has 3 amide bonds. The number of imide groups is 1. The van der Waals surface area contributed by atoms with Gasteiger partial charge < -0.3 is 19.5 Å². The van der Waals surface area contributed by atoms with Crippen molar-refractivity contribution in [3.63, 3.8) is 0 Å². The van der Waals surface area contributed by atoms with Gasteiger partial charge >= 0.3 is 0 Å². The Bertz CT molecular complexity index is 711. The van der Waals surface area contributed by atoms with Crippen LogP contribution in [0.25, 0.3) is 0 Å². The Hall–Kier alpha value is -2.33. The molecule has 1 aromatic carbocycles. The highest BCUT2D eigenvalue weighted by atomic mass is 32.2. The lowest BCUT2D eigenvalue weighted by Crippen LogP contribution is -2.33. The molecule has 0 saturated carbocycles. The molecule has 140 valence electrons. The first kappa shape index (κ1) is 20.0. The van der Waals surface area contributed by atoms with Crippen LogP contribution in [0.2, 0.25) is 0 Å². The van der Waals surface area contributed by atoms with E-state index in [1.165, 1.54) is 21.3 Å². The summed E-state index contributed by atoms with van der Waals surface area (Å²) in [6.45, 7) is 0. The molecule has 0 aliphatic carbocycles. The van der Waals surface area contributed by atoms with Crippen molar-refractivity contribution in [3.8, 4) is 17.2 Å². The fourth-order valence-electron chi connectivity index (χ4n) is 2.32. The normalized spacial score (nSPS) is 13.6. The molecule has 0 aromatic heterocycles. The molecular formula is C16H18N2O6S2. The van der Waals surface area contributed by atoms with Crippen LogP contribution < -0.4 is 19.5 Å². The molecular weight excluding hydrogens is 380 g/mol. The molecule has 1 aromatic rings. The van der Waals surface area contributed by atoms with Crippen LogP contribution in [-0.4, -0.2) is 54.0 Å². The Morgan fingerprint density at radius 3 is 2.12 bits per heavy atom. The Balaban J connectivity index is 2.00. The van der Waals surface area contributed by atoms with Gasteiger partial charge in [-0.05, 0) is 0 Å². The smallest absolute Gasteiger partial charge is 0.235 e. The van der Waals surface area contributed by atoms with Crippen molar-refractivity contribution in [1.82, 2.24) is 4.90 Å². The molecule has 1 saturated heterocycles. The van der Waals surface area contributed by atoms with Crippen molar-refractivity contribution >= 4 is 51.7 Å². The minimum atomic E-state index is -0.356. The molecule has 1 N–H and O–H groups in total. The van der Waals surface area contributed by atoms with Gasteiger partial charge in [0.25, 0.3) is 0 Å². The monoisotopic (exact) mass is 398 g/mol. The number of hydrogen-bond donors (Lipinski definition) is 1. The van der Waals surface area contributed by atoms with Gasteiger partial charge in [-0.1, -0.05) is 24.0 Å². The molecule has 0 atom stereocenters. The highest BCUT2D eigenvalue weighted by Gasteiger charge is 2.32. The standard InChI is InChI=1S/C16H18N2O6S2/c1-22-10-6-9(7-11(23-2)15(10)24-3)17-12(19)8-26-16(25)18-13(20)4-5-14(18)21/h6-7H,4-5,8H2,1-3H3,(H,17,19). The summed E-state index contributed by atoms with van der Waals surface area (Å²) < 4.78 is 15.8. The van der Waals surface area contributed by atoms with E-state index >= 15 is 0 Å². The van der Waals surface area contributed by atoms with E-state index in [0.29, 0.717) is 22.9 Å². The minimum Gasteiger partial charge on any atom is -0.493 e. The van der Waals surface area contributed by atoms with E-state index in [-0.39, 0.29) is 40.6 Å². The summed E-state index contributed by atoms with van der Waals surface area (Å²) in [5, 5.41) is 2.69. The first-order valence-electron chi connectivity index (χ1n) is 7.53. The van der Waals surface area contributed by atoms with Gasteiger partial charge in [-0.3, -0.25) is 14.4 Å². The van der Waals surface area contributed by atoms with Gasteiger partial charge in [-0.2, -0.15) is 0 Å². The molecule has 1 fully saturated rings. The van der Waals surface area contributed by atoms with Crippen molar-refractivity contribution in [2.24, 2.45) is 0 Å². The van der Waals surface area contributed by atoms with Crippen LogP contribution in [0, 0.1) is 0 Å². The molecule has 0 unspecified atom stereocenters. The van der Waals surface area contributed by atoms with Crippen LogP contribution >= 0.6 is 24.0 Å². The van der Waals surface area contributed by atoms with Crippen LogP contribution in [0.5, 0.6) is 17.2 Å². The topological polar surface area (TPSA) is 94.2 Å². The van der Waals surface area contributed by atoms with Crippen molar-refractivity contribution in [2.45, 2.75) is 12.8 Å². The number of rotatable bonds is 6. The van der Waals surface area contributed by atoms with E-state index in [9.17, 15) is 14.4 Å². The quantitative estimate of drug-likeness (QED) is 0.573. The van der Waals surface area contributed by atoms with E-state index in [4.69, 9.17) is 26.4 Å². The number of amides is 3. The number of thioether (sulfide) groups is 1. The number of nitrogens with one attached hydrogen (secondary N) is 1. The molecule has 1 aliphatic heterocycles. The summed E-state index contributed by atoms with van der Waals surface area (Å²) in [5.41, 5.74) is 0.448. The SMILES string of the molecule is COc1cc(NC(=O)CSC(=S)N2C(=O)CCC2=O)cc(OC)c1OC. The maximum atomic E-state index is 12.2. The summed E-state index contributed by atoms with van der Waals surface area (Å²) >= 11 is 6.03. The Morgan fingerprint density at radius 2 is 1.65 bits per heavy atom. The lowest BCUT2D eigenvalue weighted by atomic mass is 10.2. The fourth-order valence-corrected chi connectivity index (χ4v) is 3.36. The summed E-state index contributed by atoms with van der Waals surface area (Å²) in [6, 6.07) is 3.19. The van der Waals surface area contributed by atoms with Gasteiger partial charge in [0.1, 0.15) is 4.32 Å². The van der Waals surface area contributed by atoms with E-state index in [2.05, 4.69) is 5.32 Å². The maximum absolute atomic E-state index is 12.2. The van der Waals surface area contributed by atoms with Gasteiger partial charge in [0.15, 0.2) is 11.5 Å². The molecule has 10 heteroatoms. The lowest BCUT2D eigenvalue weighted by molar-refractivity contribution is -0.133. The van der Waals surface area contributed by atoms with E-state index in [1.54, 1.807) is 12.1 Å². The van der Waals surface area contributed by atoms with Gasteiger partial charge in [-0.15, -0.1) is 0 Å². The van der Waals surface area contributed by atoms with E-state index in [0.717, 1.165) is 16.7 Å². The summed E-state index contributed by atoms with van der Waals surface area (Å²) in [4.78, 5) is 36.4. The second-order valence-electron chi connectivity index (χ2n) is 5.14. The second-order valence-corrected chi connectivity index (χ2v) is 6.75. The highest BCUT2D eigenvalue weighted by Crippen LogP contribution is 2.39. The molecule has 0 radical (unpaired) electrons. The number of nitrogens with zero attached hydrogens (tertiary/aromatic N) is 1. The van der Waals surface area contributed by atoms with Crippen LogP contribution in [0.3, 0.4) is 0 Å². The predicted molar refractivity (Wildman–Crippen MR) is 101 cm³/mol. The summed E-state index contributed by atoms with van der Waals surface area (Å²) in [7, 11) is 4.43. The third-order valence-electron chi connectivity index (χ3n) is 3.51. The molecule has 0 bridgehead atoms. The van der Waals surface area contributed by atoms with Gasteiger partial charge in [0.2, 0.25) is 23.5 Å². The van der Waals surface area contributed by atoms with Crippen LogP contribution in [0.1, 0.15) is 12.8 Å². The number of carbonyl (C=O) groups excluding carboxylic acids is 3. The predicted octanol–water partition coefficient (Wildman–Crippen LogP) is 1.82. The van der Waals surface area contributed by atoms with Crippen molar-refractivity contribution in [1.29, 1.82) is 0 Å². The molecule has 26 heavy (non-hydrogen) atoms. The average molecular weight is 398 g/mol. The Morgan fingerprint density at radius 1 is 1.12 bits per heavy atom. The number of ether oxygens (including phenoxy) is 3. The number of anilines is 1. The zero-order chi connectivity index (χ0) is 19.3. The number of hydrogen-bond acceptors (Lipinski definition) is 8. The van der Waals surface area contributed by atoms with Crippen molar-refractivity contribution < 1.29 is 28.6 Å². The molecule has 8 nitrogen and oxygen atoms in total. The molecule has 2 rings (SSSR count). The van der Waals surface area contributed by atoms with Gasteiger partial charge in [0.05, 0.1) is 27.1 Å². The van der Waals surface area contributed by atoms with Gasteiger partial charge in [-0.25, -0.2) is 4.90 Å². The van der Waals surface area contributed by atoms with Crippen LogP contribution in [-0.2, 0) is 14.4 Å². The first-order chi connectivity index (χ1) is 12.4. The molecule has 0 spiro atoms. The van der Waals surface area contributed by atoms with Gasteiger partial charge in [0, 0.05) is 30.7 Å². The van der Waals surface area contributed by atoms with E-state index in [1.807, 2.05) is 0 Å². The average Bonchev–Trinajstić information content (AvgIpc) is 2.97. The number of methoxy groups -OCH3 is 3. The van der Waals surface area contributed by atoms with Crippen molar-refractivity contribution in [2.75, 3.05) is 32.4 Å². The number of carbonyl (C=O) groups is 3. The number of thiocarbonyl (C=S) groups is 1.